The van der Waals surface area contributed by atoms with Gasteiger partial charge in [-0.3, -0.25) is 4.79 Å². The average molecular weight is 369 g/mol. The van der Waals surface area contributed by atoms with E-state index in [1.165, 1.54) is 24.9 Å². The number of nitrogens with zero attached hydrogens (tertiary/aromatic N) is 1. The summed E-state index contributed by atoms with van der Waals surface area (Å²) in [5.41, 5.74) is 2.84. The highest BCUT2D eigenvalue weighted by atomic mass is 16.5. The van der Waals surface area contributed by atoms with E-state index in [1.807, 2.05) is 12.1 Å². The van der Waals surface area contributed by atoms with E-state index >= 15 is 0 Å². The van der Waals surface area contributed by atoms with Crippen molar-refractivity contribution in [2.75, 3.05) is 49.4 Å². The van der Waals surface area contributed by atoms with Crippen LogP contribution in [0.25, 0.3) is 0 Å². The molecule has 1 amide bonds. The number of piperidine rings is 1. The molecule has 0 unspecified atom stereocenters. The first-order chi connectivity index (χ1) is 13.2. The maximum absolute atomic E-state index is 12.2. The first-order valence-corrected chi connectivity index (χ1v) is 9.30. The van der Waals surface area contributed by atoms with Gasteiger partial charge in [0.25, 0.3) is 0 Å². The lowest BCUT2D eigenvalue weighted by Crippen LogP contribution is -2.29. The standard InChI is InChI=1S/C21H27N3O3/c1-26-19-11-8-17(14-20(19)27-2)23-21(25)15-22-16-6-9-18(10-7-16)24-12-4-3-5-13-24/h6-11,14,22H,3-5,12-13,15H2,1-2H3,(H,23,25). The summed E-state index contributed by atoms with van der Waals surface area (Å²) in [5, 5.41) is 6.02. The van der Waals surface area contributed by atoms with E-state index in [0.717, 1.165) is 18.8 Å². The van der Waals surface area contributed by atoms with E-state index in [9.17, 15) is 4.79 Å². The molecule has 2 N–H and O–H groups in total. The van der Waals surface area contributed by atoms with E-state index in [4.69, 9.17) is 9.47 Å². The minimum Gasteiger partial charge on any atom is -0.493 e. The van der Waals surface area contributed by atoms with Crippen molar-refractivity contribution in [1.29, 1.82) is 0 Å². The van der Waals surface area contributed by atoms with Gasteiger partial charge in [-0.15, -0.1) is 0 Å². The molecule has 0 aromatic heterocycles. The molecule has 1 aliphatic rings. The number of carbonyl (C=O) groups excluding carboxylic acids is 1. The first-order valence-electron chi connectivity index (χ1n) is 9.30. The lowest BCUT2D eigenvalue weighted by molar-refractivity contribution is -0.114. The molecule has 0 spiro atoms. The van der Waals surface area contributed by atoms with Crippen molar-refractivity contribution in [2.45, 2.75) is 19.3 Å². The molecule has 6 nitrogen and oxygen atoms in total. The smallest absolute Gasteiger partial charge is 0.243 e. The Morgan fingerprint density at radius 1 is 0.926 bits per heavy atom. The van der Waals surface area contributed by atoms with Crippen LogP contribution in [0.5, 0.6) is 11.5 Å². The molecular weight excluding hydrogens is 342 g/mol. The molecule has 6 heteroatoms. The summed E-state index contributed by atoms with van der Waals surface area (Å²) in [6, 6.07) is 13.6. The van der Waals surface area contributed by atoms with Crippen LogP contribution in [0.1, 0.15) is 19.3 Å². The van der Waals surface area contributed by atoms with E-state index in [-0.39, 0.29) is 12.5 Å². The molecule has 0 aliphatic carbocycles. The van der Waals surface area contributed by atoms with E-state index in [0.29, 0.717) is 17.2 Å². The quantitative estimate of drug-likeness (QED) is 0.778. The lowest BCUT2D eigenvalue weighted by atomic mass is 10.1. The summed E-state index contributed by atoms with van der Waals surface area (Å²) in [6.07, 6.45) is 3.85. The summed E-state index contributed by atoms with van der Waals surface area (Å²) in [4.78, 5) is 14.6. The van der Waals surface area contributed by atoms with Crippen LogP contribution in [0.15, 0.2) is 42.5 Å². The molecule has 1 saturated heterocycles. The Hall–Kier alpha value is -2.89. The number of hydrogen-bond donors (Lipinski definition) is 2. The van der Waals surface area contributed by atoms with Gasteiger partial charge in [-0.25, -0.2) is 0 Å². The zero-order valence-corrected chi connectivity index (χ0v) is 16.0. The minimum atomic E-state index is -0.123. The van der Waals surface area contributed by atoms with Crippen LogP contribution in [-0.4, -0.2) is 39.8 Å². The summed E-state index contributed by atoms with van der Waals surface area (Å²) in [6.45, 7) is 2.44. The lowest BCUT2D eigenvalue weighted by Gasteiger charge is -2.28. The van der Waals surface area contributed by atoms with Gasteiger partial charge in [-0.05, 0) is 55.7 Å². The first kappa shape index (κ1) is 18.9. The Bertz CT molecular complexity index is 756. The predicted molar refractivity (Wildman–Crippen MR) is 109 cm³/mol. The van der Waals surface area contributed by atoms with Gasteiger partial charge in [-0.2, -0.15) is 0 Å². The second-order valence-electron chi connectivity index (χ2n) is 6.57. The van der Waals surface area contributed by atoms with Crippen molar-refractivity contribution >= 4 is 23.0 Å². The van der Waals surface area contributed by atoms with E-state index in [2.05, 4.69) is 27.7 Å². The fourth-order valence-corrected chi connectivity index (χ4v) is 3.24. The van der Waals surface area contributed by atoms with Gasteiger partial charge < -0.3 is 25.0 Å². The van der Waals surface area contributed by atoms with Crippen molar-refractivity contribution in [3.8, 4) is 11.5 Å². The average Bonchev–Trinajstić information content (AvgIpc) is 2.73. The largest absolute Gasteiger partial charge is 0.493 e. The second kappa shape index (κ2) is 9.16. The van der Waals surface area contributed by atoms with Crippen LogP contribution in [0.4, 0.5) is 17.1 Å². The van der Waals surface area contributed by atoms with Crippen LogP contribution >= 0.6 is 0 Å². The molecule has 3 rings (SSSR count). The van der Waals surface area contributed by atoms with Gasteiger partial charge in [-0.1, -0.05) is 0 Å². The maximum atomic E-state index is 12.2. The molecule has 0 atom stereocenters. The summed E-state index contributed by atoms with van der Waals surface area (Å²) >= 11 is 0. The number of rotatable bonds is 7. The zero-order valence-electron chi connectivity index (χ0n) is 16.0. The van der Waals surface area contributed by atoms with Crippen molar-refractivity contribution in [3.05, 3.63) is 42.5 Å². The van der Waals surface area contributed by atoms with Gasteiger partial charge in [0.2, 0.25) is 5.91 Å². The molecule has 1 aliphatic heterocycles. The number of anilines is 3. The number of nitrogens with one attached hydrogen (secondary N) is 2. The predicted octanol–water partition coefficient (Wildman–Crippen LogP) is 3.74. The number of hydrogen-bond acceptors (Lipinski definition) is 5. The Balaban J connectivity index is 1.51. The molecule has 0 bridgehead atoms. The monoisotopic (exact) mass is 369 g/mol. The topological polar surface area (TPSA) is 62.8 Å². The molecule has 0 radical (unpaired) electrons. The van der Waals surface area contributed by atoms with Crippen LogP contribution in [0, 0.1) is 0 Å². The highest BCUT2D eigenvalue weighted by Gasteiger charge is 2.11. The number of carbonyl (C=O) groups is 1. The molecule has 2 aromatic rings. The Morgan fingerprint density at radius 2 is 1.59 bits per heavy atom. The third kappa shape index (κ3) is 5.06. The minimum absolute atomic E-state index is 0.123. The number of methoxy groups -OCH3 is 2. The van der Waals surface area contributed by atoms with Gasteiger partial charge in [0.05, 0.1) is 20.8 Å². The second-order valence-corrected chi connectivity index (χ2v) is 6.57. The highest BCUT2D eigenvalue weighted by Crippen LogP contribution is 2.29. The number of amides is 1. The summed E-state index contributed by atoms with van der Waals surface area (Å²) in [7, 11) is 3.15. The fraction of sp³-hybridized carbons (Fsp3) is 0.381. The van der Waals surface area contributed by atoms with Gasteiger partial charge in [0.15, 0.2) is 11.5 Å². The highest BCUT2D eigenvalue weighted by molar-refractivity contribution is 5.94. The fourth-order valence-electron chi connectivity index (χ4n) is 3.24. The molecule has 1 fully saturated rings. The van der Waals surface area contributed by atoms with E-state index < -0.39 is 0 Å². The van der Waals surface area contributed by atoms with Crippen molar-refractivity contribution < 1.29 is 14.3 Å². The number of ether oxygens (including phenoxy) is 2. The van der Waals surface area contributed by atoms with Crippen molar-refractivity contribution in [2.24, 2.45) is 0 Å². The SMILES string of the molecule is COc1ccc(NC(=O)CNc2ccc(N3CCCCC3)cc2)cc1OC. The Kier molecular flexibility index (Phi) is 6.41. The molecule has 27 heavy (non-hydrogen) atoms. The van der Waals surface area contributed by atoms with Crippen molar-refractivity contribution in [1.82, 2.24) is 0 Å². The van der Waals surface area contributed by atoms with Crippen LogP contribution in [0.2, 0.25) is 0 Å². The third-order valence-corrected chi connectivity index (χ3v) is 4.71. The Morgan fingerprint density at radius 3 is 2.26 bits per heavy atom. The van der Waals surface area contributed by atoms with Gasteiger partial charge in [0, 0.05) is 36.2 Å². The zero-order chi connectivity index (χ0) is 19.1. The van der Waals surface area contributed by atoms with Gasteiger partial charge in [0.1, 0.15) is 0 Å². The Labute approximate surface area is 160 Å². The van der Waals surface area contributed by atoms with Crippen molar-refractivity contribution in [3.63, 3.8) is 0 Å². The van der Waals surface area contributed by atoms with E-state index in [1.54, 1.807) is 32.4 Å². The van der Waals surface area contributed by atoms with Crippen LogP contribution in [-0.2, 0) is 4.79 Å². The summed E-state index contributed by atoms with van der Waals surface area (Å²) < 4.78 is 10.5. The molecule has 2 aromatic carbocycles. The van der Waals surface area contributed by atoms with Crippen LogP contribution < -0.4 is 25.0 Å². The van der Waals surface area contributed by atoms with Crippen LogP contribution in [0.3, 0.4) is 0 Å². The number of benzene rings is 2. The summed E-state index contributed by atoms with van der Waals surface area (Å²) in [5.74, 6) is 1.08. The normalized spacial score (nSPS) is 13.8. The third-order valence-electron chi connectivity index (χ3n) is 4.71. The van der Waals surface area contributed by atoms with Gasteiger partial charge >= 0.3 is 0 Å². The molecule has 1 heterocycles. The molecule has 0 saturated carbocycles. The molecule has 144 valence electrons. The maximum Gasteiger partial charge on any atom is 0.243 e. The molecular formula is C21H27N3O3.